The summed E-state index contributed by atoms with van der Waals surface area (Å²) in [5, 5.41) is 28.2. The number of hydrogen-bond acceptors (Lipinski definition) is 8. The summed E-state index contributed by atoms with van der Waals surface area (Å²) in [5.41, 5.74) is 0.930. The molecule has 0 unspecified atom stereocenters. The summed E-state index contributed by atoms with van der Waals surface area (Å²) in [6.07, 6.45) is -2.37. The Balaban J connectivity index is 2.01. The van der Waals surface area contributed by atoms with E-state index in [-0.39, 0.29) is 17.8 Å². The monoisotopic (exact) mass is 379 g/mol. The largest absolute Gasteiger partial charge is 0.455 e. The van der Waals surface area contributed by atoms with E-state index >= 15 is 0 Å². The van der Waals surface area contributed by atoms with Gasteiger partial charge in [-0.25, -0.2) is 9.97 Å². The molecule has 2 aromatic heterocycles. The Bertz CT molecular complexity index is 905. The number of imidazole rings is 1. The summed E-state index contributed by atoms with van der Waals surface area (Å²) in [4.78, 5) is 20.8. The van der Waals surface area contributed by atoms with Gasteiger partial charge in [0.1, 0.15) is 23.5 Å². The first-order valence-corrected chi connectivity index (χ1v) is 8.83. The van der Waals surface area contributed by atoms with Crippen LogP contribution in [0, 0.1) is 18.3 Å². The van der Waals surface area contributed by atoms with Crippen LogP contribution in [0.1, 0.15) is 32.3 Å². The predicted molar refractivity (Wildman–Crippen MR) is 93.4 cm³/mol. The third kappa shape index (κ3) is 3.47. The molecule has 148 valence electrons. The molecule has 0 spiro atoms. The van der Waals surface area contributed by atoms with Crippen molar-refractivity contribution in [3.63, 3.8) is 0 Å². The fourth-order valence-corrected chi connectivity index (χ4v) is 3.12. The zero-order chi connectivity index (χ0) is 19.9. The first kappa shape index (κ1) is 19.5. The maximum atomic E-state index is 12.2. The van der Waals surface area contributed by atoms with Crippen LogP contribution in [0.5, 0.6) is 0 Å². The summed E-state index contributed by atoms with van der Waals surface area (Å²) in [7, 11) is 1.72. The Labute approximate surface area is 155 Å². The van der Waals surface area contributed by atoms with Gasteiger partial charge in [0.05, 0.1) is 12.9 Å². The lowest BCUT2D eigenvalue weighted by molar-refractivity contribution is -0.159. The van der Waals surface area contributed by atoms with Crippen LogP contribution in [-0.4, -0.2) is 60.2 Å². The number of nitrogens with zero attached hydrogens (tertiary/aromatic N) is 4. The molecule has 0 radical (unpaired) electrons. The van der Waals surface area contributed by atoms with Crippen molar-refractivity contribution in [2.75, 3.05) is 6.61 Å². The summed E-state index contributed by atoms with van der Waals surface area (Å²) >= 11 is 0. The number of aryl methyl sites for hydroxylation is 1. The number of esters is 1. The predicted octanol–water partition coefficient (Wildman–Crippen LogP) is -0.234. The molecule has 3 heterocycles. The molecule has 27 heavy (non-hydrogen) atoms. The third-order valence-electron chi connectivity index (χ3n) is 4.69. The topological polar surface area (TPSA) is 135 Å². The highest BCUT2D eigenvalue weighted by molar-refractivity contribution is 5.70. The molecule has 1 aliphatic rings. The Morgan fingerprint density at radius 3 is 2.81 bits per heavy atom. The molecule has 3 N–H and O–H groups in total. The lowest BCUT2D eigenvalue weighted by Gasteiger charge is -2.22. The molecule has 1 saturated heterocycles. The molecule has 0 bridgehead atoms. The Hall–Kier alpha value is -2.30. The lowest BCUT2D eigenvalue weighted by Crippen LogP contribution is -2.37. The summed E-state index contributed by atoms with van der Waals surface area (Å²) < 4.78 is 14.4. The zero-order valence-corrected chi connectivity index (χ0v) is 15.8. The minimum Gasteiger partial charge on any atom is -0.455 e. The first-order valence-electron chi connectivity index (χ1n) is 8.83. The van der Waals surface area contributed by atoms with Crippen LogP contribution in [0.2, 0.25) is 0 Å². The van der Waals surface area contributed by atoms with Gasteiger partial charge in [-0.3, -0.25) is 14.8 Å². The van der Waals surface area contributed by atoms with Crippen LogP contribution in [0.25, 0.3) is 11.2 Å². The SMILES string of the molecule is Cc1nc2c(ncn2[C@@H]2O[C@H](CO)[C@@H](O)[C@H]2OC(=O)CC(C)C)c(=N)n1C. The molecule has 2 aromatic rings. The van der Waals surface area contributed by atoms with E-state index in [9.17, 15) is 15.0 Å². The van der Waals surface area contributed by atoms with Crippen molar-refractivity contribution in [2.45, 2.75) is 51.7 Å². The highest BCUT2D eigenvalue weighted by Crippen LogP contribution is 2.33. The normalized spacial score (nSPS) is 25.4. The smallest absolute Gasteiger partial charge is 0.306 e. The van der Waals surface area contributed by atoms with Gasteiger partial charge >= 0.3 is 5.97 Å². The van der Waals surface area contributed by atoms with Gasteiger partial charge in [-0.15, -0.1) is 0 Å². The molecule has 10 heteroatoms. The van der Waals surface area contributed by atoms with E-state index in [4.69, 9.17) is 14.9 Å². The van der Waals surface area contributed by atoms with Gasteiger partial charge < -0.3 is 24.3 Å². The number of carbonyl (C=O) groups excluding carboxylic acids is 1. The molecular weight excluding hydrogens is 354 g/mol. The van der Waals surface area contributed by atoms with Gasteiger partial charge in [-0.2, -0.15) is 0 Å². The fourth-order valence-electron chi connectivity index (χ4n) is 3.12. The highest BCUT2D eigenvalue weighted by atomic mass is 16.6. The molecular formula is C17H25N5O5. The van der Waals surface area contributed by atoms with E-state index in [0.29, 0.717) is 17.0 Å². The van der Waals surface area contributed by atoms with E-state index in [0.717, 1.165) is 0 Å². The van der Waals surface area contributed by atoms with Crippen molar-refractivity contribution in [2.24, 2.45) is 13.0 Å². The standard InChI is InChI=1S/C17H25N5O5/c1-8(2)5-11(24)27-14-13(25)10(6-23)26-17(14)22-7-19-12-15(18)21(4)9(3)20-16(12)22/h7-8,10,13-14,17-18,23,25H,5-6H2,1-4H3/t10-,13-,14-,17-/m1/s1. The summed E-state index contributed by atoms with van der Waals surface area (Å²) in [6.45, 7) is 5.12. The Kier molecular flexibility index (Phi) is 5.31. The van der Waals surface area contributed by atoms with Crippen LogP contribution >= 0.6 is 0 Å². The number of rotatable bonds is 5. The van der Waals surface area contributed by atoms with Crippen molar-refractivity contribution in [1.82, 2.24) is 19.1 Å². The third-order valence-corrected chi connectivity index (χ3v) is 4.69. The van der Waals surface area contributed by atoms with Crippen molar-refractivity contribution in [1.29, 1.82) is 5.41 Å². The highest BCUT2D eigenvalue weighted by Gasteiger charge is 2.47. The van der Waals surface area contributed by atoms with Crippen molar-refractivity contribution < 1.29 is 24.5 Å². The van der Waals surface area contributed by atoms with Gasteiger partial charge in [-0.1, -0.05) is 13.8 Å². The van der Waals surface area contributed by atoms with E-state index in [1.165, 1.54) is 10.9 Å². The maximum absolute atomic E-state index is 12.2. The van der Waals surface area contributed by atoms with Gasteiger partial charge in [0.15, 0.2) is 23.5 Å². The quantitative estimate of drug-likeness (QED) is 0.610. The number of aromatic nitrogens is 4. The molecule has 10 nitrogen and oxygen atoms in total. The van der Waals surface area contributed by atoms with Crippen LogP contribution in [0.4, 0.5) is 0 Å². The lowest BCUT2D eigenvalue weighted by atomic mass is 10.1. The number of aliphatic hydroxyl groups is 2. The molecule has 1 fully saturated rings. The molecule has 4 atom stereocenters. The first-order chi connectivity index (χ1) is 12.7. The van der Waals surface area contributed by atoms with Gasteiger partial charge in [0.2, 0.25) is 0 Å². The van der Waals surface area contributed by atoms with Gasteiger partial charge in [-0.05, 0) is 12.8 Å². The van der Waals surface area contributed by atoms with Crippen molar-refractivity contribution in [3.05, 3.63) is 17.6 Å². The number of aliphatic hydroxyl groups excluding tert-OH is 2. The Morgan fingerprint density at radius 2 is 2.19 bits per heavy atom. The van der Waals surface area contributed by atoms with Gasteiger partial charge in [0, 0.05) is 13.5 Å². The number of fused-ring (bicyclic) bond motifs is 1. The van der Waals surface area contributed by atoms with Crippen LogP contribution in [0.3, 0.4) is 0 Å². The fraction of sp³-hybridized carbons (Fsp3) is 0.647. The van der Waals surface area contributed by atoms with E-state index < -0.39 is 37.1 Å². The number of ether oxygens (including phenoxy) is 2. The summed E-state index contributed by atoms with van der Waals surface area (Å²) in [5.74, 6) is 0.246. The molecule has 3 rings (SSSR count). The molecule has 0 saturated carbocycles. The number of hydrogen-bond donors (Lipinski definition) is 3. The Morgan fingerprint density at radius 1 is 1.48 bits per heavy atom. The average molecular weight is 379 g/mol. The molecule has 0 aliphatic carbocycles. The minimum absolute atomic E-state index is 0.105. The second-order valence-corrected chi connectivity index (χ2v) is 7.18. The second-order valence-electron chi connectivity index (χ2n) is 7.18. The van der Waals surface area contributed by atoms with Crippen LogP contribution in [-0.2, 0) is 21.3 Å². The van der Waals surface area contributed by atoms with Crippen LogP contribution < -0.4 is 5.49 Å². The zero-order valence-electron chi connectivity index (χ0n) is 15.8. The molecule has 0 aromatic carbocycles. The second kappa shape index (κ2) is 7.37. The molecule has 0 amide bonds. The number of carbonyl (C=O) groups is 1. The minimum atomic E-state index is -1.19. The van der Waals surface area contributed by atoms with Crippen molar-refractivity contribution in [3.8, 4) is 0 Å². The maximum Gasteiger partial charge on any atom is 0.306 e. The van der Waals surface area contributed by atoms with E-state index in [2.05, 4.69) is 9.97 Å². The van der Waals surface area contributed by atoms with Crippen molar-refractivity contribution >= 4 is 17.1 Å². The van der Waals surface area contributed by atoms with E-state index in [1.54, 1.807) is 18.5 Å². The molecule has 1 aliphatic heterocycles. The van der Waals surface area contributed by atoms with E-state index in [1.807, 2.05) is 13.8 Å². The number of nitrogens with one attached hydrogen (secondary N) is 1. The summed E-state index contributed by atoms with van der Waals surface area (Å²) in [6, 6.07) is 0. The van der Waals surface area contributed by atoms with Gasteiger partial charge in [0.25, 0.3) is 0 Å². The van der Waals surface area contributed by atoms with Crippen LogP contribution in [0.15, 0.2) is 6.33 Å². The average Bonchev–Trinajstić information content (AvgIpc) is 3.14.